The average Bonchev–Trinajstić information content (AvgIpc) is 2.89. The van der Waals surface area contributed by atoms with Crippen molar-refractivity contribution >= 4 is 11.3 Å². The number of nitrogens with one attached hydrogen (secondary N) is 1. The van der Waals surface area contributed by atoms with Gasteiger partial charge in [-0.1, -0.05) is 6.07 Å². The summed E-state index contributed by atoms with van der Waals surface area (Å²) >= 11 is 1.78. The fourth-order valence-corrected chi connectivity index (χ4v) is 3.77. The summed E-state index contributed by atoms with van der Waals surface area (Å²) in [6, 6.07) is 6.95. The van der Waals surface area contributed by atoms with Gasteiger partial charge in [0, 0.05) is 12.6 Å². The molecule has 20 heavy (non-hydrogen) atoms. The van der Waals surface area contributed by atoms with Gasteiger partial charge in [0.05, 0.1) is 7.11 Å². The summed E-state index contributed by atoms with van der Waals surface area (Å²) in [5.41, 5.74) is 5.70. The highest BCUT2D eigenvalue weighted by Gasteiger charge is 2.20. The van der Waals surface area contributed by atoms with Gasteiger partial charge in [-0.15, -0.1) is 0 Å². The van der Waals surface area contributed by atoms with Crippen molar-refractivity contribution in [1.82, 2.24) is 5.32 Å². The van der Waals surface area contributed by atoms with Crippen LogP contribution < -0.4 is 10.1 Å². The first kappa shape index (κ1) is 13.7. The standard InChI is InChI=1S/C17H21NOS/c1-12-10-20-11-14(12)9-18-17-5-3-4-13-6-7-15(19-2)8-16(13)17/h6-8,10-11,17-18H,3-5,9H2,1-2H3. The quantitative estimate of drug-likeness (QED) is 0.908. The third kappa shape index (κ3) is 2.74. The largest absolute Gasteiger partial charge is 0.497 e. The van der Waals surface area contributed by atoms with E-state index in [0.717, 1.165) is 12.3 Å². The number of aryl methyl sites for hydroxylation is 2. The predicted molar refractivity (Wildman–Crippen MR) is 84.6 cm³/mol. The van der Waals surface area contributed by atoms with Gasteiger partial charge in [0.25, 0.3) is 0 Å². The number of thiophene rings is 1. The molecule has 1 atom stereocenters. The Morgan fingerprint density at radius 3 is 3.00 bits per heavy atom. The SMILES string of the molecule is COc1ccc2c(c1)C(NCc1cscc1C)CCC2. The minimum atomic E-state index is 0.452. The van der Waals surface area contributed by atoms with Crippen molar-refractivity contribution in [1.29, 1.82) is 0 Å². The number of benzene rings is 1. The van der Waals surface area contributed by atoms with E-state index in [4.69, 9.17) is 4.74 Å². The van der Waals surface area contributed by atoms with E-state index >= 15 is 0 Å². The van der Waals surface area contributed by atoms with Crippen LogP contribution in [0.3, 0.4) is 0 Å². The molecule has 0 saturated carbocycles. The Kier molecular flexibility index (Phi) is 4.08. The van der Waals surface area contributed by atoms with Gasteiger partial charge < -0.3 is 10.1 Å². The Morgan fingerprint density at radius 2 is 2.25 bits per heavy atom. The summed E-state index contributed by atoms with van der Waals surface area (Å²) < 4.78 is 5.37. The zero-order chi connectivity index (χ0) is 13.9. The van der Waals surface area contributed by atoms with Gasteiger partial charge in [-0.3, -0.25) is 0 Å². The van der Waals surface area contributed by atoms with Gasteiger partial charge in [-0.25, -0.2) is 0 Å². The summed E-state index contributed by atoms with van der Waals surface area (Å²) in [5, 5.41) is 8.19. The van der Waals surface area contributed by atoms with Gasteiger partial charge in [0.1, 0.15) is 5.75 Å². The molecule has 0 aliphatic heterocycles. The first-order valence-corrected chi connectivity index (χ1v) is 8.14. The van der Waals surface area contributed by atoms with Crippen LogP contribution in [0.15, 0.2) is 29.0 Å². The second-order valence-corrected chi connectivity index (χ2v) is 6.21. The topological polar surface area (TPSA) is 21.3 Å². The molecule has 3 heteroatoms. The molecule has 3 rings (SSSR count). The zero-order valence-electron chi connectivity index (χ0n) is 12.1. The third-order valence-corrected chi connectivity index (χ3v) is 5.08. The Balaban J connectivity index is 1.77. The summed E-state index contributed by atoms with van der Waals surface area (Å²) in [5.74, 6) is 0.962. The first-order chi connectivity index (χ1) is 9.78. The Bertz CT molecular complexity index is 590. The van der Waals surface area contributed by atoms with Crippen molar-refractivity contribution in [3.8, 4) is 5.75 Å². The number of rotatable bonds is 4. The van der Waals surface area contributed by atoms with Crippen molar-refractivity contribution in [2.45, 2.75) is 38.8 Å². The molecule has 0 bridgehead atoms. The van der Waals surface area contributed by atoms with Crippen LogP contribution in [0.5, 0.6) is 5.75 Å². The maximum atomic E-state index is 5.37. The summed E-state index contributed by atoms with van der Waals surface area (Å²) in [6.07, 6.45) is 3.66. The van der Waals surface area contributed by atoms with E-state index in [9.17, 15) is 0 Å². The van der Waals surface area contributed by atoms with Crippen LogP contribution in [0.25, 0.3) is 0 Å². The van der Waals surface area contributed by atoms with Crippen LogP contribution in [0, 0.1) is 6.92 Å². The van der Waals surface area contributed by atoms with Crippen molar-refractivity contribution in [2.75, 3.05) is 7.11 Å². The maximum Gasteiger partial charge on any atom is 0.119 e. The fraction of sp³-hybridized carbons (Fsp3) is 0.412. The molecular formula is C17H21NOS. The molecule has 1 N–H and O–H groups in total. The number of hydrogen-bond acceptors (Lipinski definition) is 3. The molecule has 0 spiro atoms. The molecule has 1 aliphatic carbocycles. The van der Waals surface area contributed by atoms with E-state index in [1.54, 1.807) is 18.4 Å². The van der Waals surface area contributed by atoms with Gasteiger partial charge in [-0.2, -0.15) is 11.3 Å². The average molecular weight is 287 g/mol. The Hall–Kier alpha value is -1.32. The van der Waals surface area contributed by atoms with Crippen molar-refractivity contribution in [3.63, 3.8) is 0 Å². The minimum absolute atomic E-state index is 0.452. The maximum absolute atomic E-state index is 5.37. The van der Waals surface area contributed by atoms with Crippen LogP contribution in [-0.2, 0) is 13.0 Å². The highest BCUT2D eigenvalue weighted by atomic mass is 32.1. The molecule has 0 fully saturated rings. The van der Waals surface area contributed by atoms with E-state index in [-0.39, 0.29) is 0 Å². The molecule has 1 aromatic heterocycles. The van der Waals surface area contributed by atoms with Crippen molar-refractivity contribution in [2.24, 2.45) is 0 Å². The Labute approximate surface area is 124 Å². The molecule has 0 radical (unpaired) electrons. The van der Waals surface area contributed by atoms with Crippen molar-refractivity contribution < 1.29 is 4.74 Å². The number of hydrogen-bond donors (Lipinski definition) is 1. The lowest BCUT2D eigenvalue weighted by atomic mass is 9.87. The second-order valence-electron chi connectivity index (χ2n) is 5.47. The third-order valence-electron chi connectivity index (χ3n) is 4.17. The monoisotopic (exact) mass is 287 g/mol. The lowest BCUT2D eigenvalue weighted by Crippen LogP contribution is -2.25. The number of ether oxygens (including phenoxy) is 1. The van der Waals surface area contributed by atoms with E-state index in [2.05, 4.69) is 41.2 Å². The zero-order valence-corrected chi connectivity index (χ0v) is 12.9. The normalized spacial score (nSPS) is 17.8. The van der Waals surface area contributed by atoms with Gasteiger partial charge in [0.15, 0.2) is 0 Å². The summed E-state index contributed by atoms with van der Waals surface area (Å²) in [4.78, 5) is 0. The highest BCUT2D eigenvalue weighted by molar-refractivity contribution is 7.08. The molecule has 0 amide bonds. The highest BCUT2D eigenvalue weighted by Crippen LogP contribution is 2.32. The molecule has 106 valence electrons. The molecular weight excluding hydrogens is 266 g/mol. The summed E-state index contributed by atoms with van der Waals surface area (Å²) in [7, 11) is 1.74. The molecule has 1 unspecified atom stereocenters. The van der Waals surface area contributed by atoms with Crippen molar-refractivity contribution in [3.05, 3.63) is 51.2 Å². The van der Waals surface area contributed by atoms with E-state index in [0.29, 0.717) is 6.04 Å². The minimum Gasteiger partial charge on any atom is -0.497 e. The van der Waals surface area contributed by atoms with E-state index in [1.807, 2.05) is 0 Å². The van der Waals surface area contributed by atoms with Gasteiger partial charge in [-0.05, 0) is 71.3 Å². The lowest BCUT2D eigenvalue weighted by molar-refractivity contribution is 0.408. The van der Waals surface area contributed by atoms with Crippen LogP contribution >= 0.6 is 11.3 Å². The van der Waals surface area contributed by atoms with E-state index < -0.39 is 0 Å². The molecule has 1 aliphatic rings. The predicted octanol–water partition coefficient (Wildman–Crippen LogP) is 4.23. The van der Waals surface area contributed by atoms with Gasteiger partial charge >= 0.3 is 0 Å². The van der Waals surface area contributed by atoms with Crippen LogP contribution in [-0.4, -0.2) is 7.11 Å². The molecule has 2 aromatic rings. The number of fused-ring (bicyclic) bond motifs is 1. The second kappa shape index (κ2) is 5.98. The molecule has 2 nitrogen and oxygen atoms in total. The molecule has 1 heterocycles. The van der Waals surface area contributed by atoms with Crippen LogP contribution in [0.2, 0.25) is 0 Å². The fourth-order valence-electron chi connectivity index (χ4n) is 2.92. The van der Waals surface area contributed by atoms with E-state index in [1.165, 1.54) is 41.5 Å². The van der Waals surface area contributed by atoms with Gasteiger partial charge in [0.2, 0.25) is 0 Å². The number of methoxy groups -OCH3 is 1. The molecule has 0 saturated heterocycles. The lowest BCUT2D eigenvalue weighted by Gasteiger charge is -2.27. The van der Waals surface area contributed by atoms with Crippen LogP contribution in [0.1, 0.15) is 41.1 Å². The smallest absolute Gasteiger partial charge is 0.119 e. The molecule has 1 aromatic carbocycles. The Morgan fingerprint density at radius 1 is 1.35 bits per heavy atom. The first-order valence-electron chi connectivity index (χ1n) is 7.20. The summed E-state index contributed by atoms with van der Waals surface area (Å²) in [6.45, 7) is 3.14. The van der Waals surface area contributed by atoms with Crippen LogP contribution in [0.4, 0.5) is 0 Å².